The molecule has 0 aliphatic heterocycles. The topological polar surface area (TPSA) is 77.8 Å². The average molecular weight is 256 g/mol. The van der Waals surface area contributed by atoms with E-state index in [9.17, 15) is 9.90 Å². The first kappa shape index (κ1) is 12.7. The Morgan fingerprint density at radius 1 is 0.895 bits per heavy atom. The molecule has 0 radical (unpaired) electrons. The Kier molecular flexibility index (Phi) is 3.52. The van der Waals surface area contributed by atoms with E-state index in [1.807, 2.05) is 0 Å². The quantitative estimate of drug-likeness (QED) is 0.583. The molecule has 4 nitrogen and oxygen atoms in total. The number of phenolic OH excluding ortho intramolecular Hbond substituents is 3. The van der Waals surface area contributed by atoms with Crippen molar-refractivity contribution >= 4 is 11.9 Å². The van der Waals surface area contributed by atoms with E-state index in [-0.39, 0.29) is 23.0 Å². The van der Waals surface area contributed by atoms with Gasteiger partial charge in [-0.2, -0.15) is 0 Å². The Hall–Kier alpha value is -2.75. The molecule has 0 amide bonds. The number of allylic oxidation sites excluding steroid dienone is 1. The number of hydrogen-bond acceptors (Lipinski definition) is 4. The lowest BCUT2D eigenvalue weighted by molar-refractivity contribution is 0.104. The van der Waals surface area contributed by atoms with E-state index in [4.69, 9.17) is 10.2 Å². The normalized spacial score (nSPS) is 10.7. The van der Waals surface area contributed by atoms with Crippen LogP contribution in [-0.2, 0) is 0 Å². The molecule has 2 rings (SSSR count). The summed E-state index contributed by atoms with van der Waals surface area (Å²) in [6.45, 7) is 0. The zero-order valence-corrected chi connectivity index (χ0v) is 9.95. The fraction of sp³-hybridized carbons (Fsp3) is 0. The number of carbonyl (C=O) groups is 1. The largest absolute Gasteiger partial charge is 0.508 e. The van der Waals surface area contributed by atoms with E-state index >= 15 is 0 Å². The van der Waals surface area contributed by atoms with Crippen LogP contribution in [0, 0.1) is 0 Å². The van der Waals surface area contributed by atoms with Gasteiger partial charge in [-0.25, -0.2) is 0 Å². The summed E-state index contributed by atoms with van der Waals surface area (Å²) >= 11 is 0. The average Bonchev–Trinajstić information content (AvgIpc) is 2.38. The van der Waals surface area contributed by atoms with Gasteiger partial charge in [-0.1, -0.05) is 0 Å². The van der Waals surface area contributed by atoms with E-state index < -0.39 is 0 Å². The number of carbonyl (C=O) groups excluding carboxylic acids is 1. The molecule has 0 aliphatic rings. The van der Waals surface area contributed by atoms with Crippen molar-refractivity contribution in [3.63, 3.8) is 0 Å². The Bertz CT molecular complexity index is 627. The fourth-order valence-corrected chi connectivity index (χ4v) is 1.56. The van der Waals surface area contributed by atoms with Crippen LogP contribution in [0.2, 0.25) is 0 Å². The minimum Gasteiger partial charge on any atom is -0.508 e. The molecule has 2 aromatic rings. The van der Waals surface area contributed by atoms with E-state index in [2.05, 4.69) is 0 Å². The number of ketones is 1. The third-order valence-corrected chi connectivity index (χ3v) is 2.58. The smallest absolute Gasteiger partial charge is 0.185 e. The minimum absolute atomic E-state index is 0.0421. The Morgan fingerprint density at radius 3 is 2.16 bits per heavy atom. The van der Waals surface area contributed by atoms with E-state index in [0.29, 0.717) is 11.1 Å². The van der Waals surface area contributed by atoms with Crippen LogP contribution in [0.4, 0.5) is 0 Å². The maximum Gasteiger partial charge on any atom is 0.185 e. The van der Waals surface area contributed by atoms with E-state index in [0.717, 1.165) is 0 Å². The van der Waals surface area contributed by atoms with Crippen molar-refractivity contribution in [1.82, 2.24) is 0 Å². The van der Waals surface area contributed by atoms with Gasteiger partial charge < -0.3 is 15.3 Å². The molecule has 0 fully saturated rings. The molecule has 2 aromatic carbocycles. The Labute approximate surface area is 109 Å². The number of aromatic hydroxyl groups is 3. The highest BCUT2D eigenvalue weighted by atomic mass is 16.3. The number of benzene rings is 2. The SMILES string of the molecule is O=C(/C=C\c1ccc(O)cc1O)c1ccc(O)cc1. The summed E-state index contributed by atoms with van der Waals surface area (Å²) in [5, 5.41) is 27.8. The molecule has 0 spiro atoms. The summed E-state index contributed by atoms with van der Waals surface area (Å²) in [4.78, 5) is 11.8. The van der Waals surface area contributed by atoms with Gasteiger partial charge in [-0.3, -0.25) is 4.79 Å². The fourth-order valence-electron chi connectivity index (χ4n) is 1.56. The molecule has 0 aromatic heterocycles. The van der Waals surface area contributed by atoms with Gasteiger partial charge >= 0.3 is 0 Å². The van der Waals surface area contributed by atoms with Crippen LogP contribution in [-0.4, -0.2) is 21.1 Å². The van der Waals surface area contributed by atoms with Crippen molar-refractivity contribution in [3.05, 3.63) is 59.7 Å². The highest BCUT2D eigenvalue weighted by molar-refractivity contribution is 6.07. The molecule has 0 unspecified atom stereocenters. The lowest BCUT2D eigenvalue weighted by Crippen LogP contribution is -1.92. The maximum atomic E-state index is 11.8. The van der Waals surface area contributed by atoms with E-state index in [1.54, 1.807) is 0 Å². The van der Waals surface area contributed by atoms with E-state index in [1.165, 1.54) is 54.6 Å². The van der Waals surface area contributed by atoms with Crippen molar-refractivity contribution in [2.24, 2.45) is 0 Å². The Morgan fingerprint density at radius 2 is 1.53 bits per heavy atom. The second-order valence-corrected chi connectivity index (χ2v) is 3.99. The minimum atomic E-state index is -0.243. The van der Waals surface area contributed by atoms with Gasteiger partial charge in [0.25, 0.3) is 0 Å². The van der Waals surface area contributed by atoms with Crippen LogP contribution in [0.1, 0.15) is 15.9 Å². The zero-order valence-electron chi connectivity index (χ0n) is 9.95. The third kappa shape index (κ3) is 3.13. The van der Waals surface area contributed by atoms with Crippen molar-refractivity contribution in [2.45, 2.75) is 0 Å². The summed E-state index contributed by atoms with van der Waals surface area (Å²) in [5.74, 6) is -0.293. The molecule has 19 heavy (non-hydrogen) atoms. The first-order valence-corrected chi connectivity index (χ1v) is 5.60. The van der Waals surface area contributed by atoms with Crippen LogP contribution in [0.3, 0.4) is 0 Å². The molecule has 0 saturated heterocycles. The molecule has 0 saturated carbocycles. The van der Waals surface area contributed by atoms with Gasteiger partial charge in [0.2, 0.25) is 0 Å². The van der Waals surface area contributed by atoms with Crippen molar-refractivity contribution in [1.29, 1.82) is 0 Å². The van der Waals surface area contributed by atoms with Crippen LogP contribution >= 0.6 is 0 Å². The van der Waals surface area contributed by atoms with Gasteiger partial charge in [0, 0.05) is 17.2 Å². The standard InChI is InChI=1S/C15H12O4/c16-12-5-1-10(2-6-12)14(18)8-4-11-3-7-13(17)9-15(11)19/h1-9,16-17,19H/b8-4-. The zero-order chi connectivity index (χ0) is 13.8. The maximum absolute atomic E-state index is 11.8. The lowest BCUT2D eigenvalue weighted by atomic mass is 10.1. The monoisotopic (exact) mass is 256 g/mol. The summed E-state index contributed by atoms with van der Waals surface area (Å²) < 4.78 is 0. The molecule has 0 heterocycles. The predicted octanol–water partition coefficient (Wildman–Crippen LogP) is 2.70. The van der Waals surface area contributed by atoms with Gasteiger partial charge in [0.05, 0.1) is 0 Å². The summed E-state index contributed by atoms with van der Waals surface area (Å²) in [5.41, 5.74) is 0.872. The molecular formula is C15H12O4. The molecule has 0 aliphatic carbocycles. The first-order chi connectivity index (χ1) is 9.06. The van der Waals surface area contributed by atoms with Gasteiger partial charge in [-0.05, 0) is 48.6 Å². The van der Waals surface area contributed by atoms with Crippen LogP contribution in [0.25, 0.3) is 6.08 Å². The molecular weight excluding hydrogens is 244 g/mol. The van der Waals surface area contributed by atoms with Gasteiger partial charge in [-0.15, -0.1) is 0 Å². The molecule has 4 heteroatoms. The van der Waals surface area contributed by atoms with Crippen LogP contribution in [0.5, 0.6) is 17.2 Å². The first-order valence-electron chi connectivity index (χ1n) is 5.60. The summed E-state index contributed by atoms with van der Waals surface area (Å²) in [6.07, 6.45) is 2.78. The third-order valence-electron chi connectivity index (χ3n) is 2.58. The van der Waals surface area contributed by atoms with Gasteiger partial charge in [0.1, 0.15) is 17.2 Å². The molecule has 96 valence electrons. The summed E-state index contributed by atoms with van der Waals surface area (Å²) in [6, 6.07) is 10.0. The van der Waals surface area contributed by atoms with Crippen LogP contribution < -0.4 is 0 Å². The van der Waals surface area contributed by atoms with Gasteiger partial charge in [0.15, 0.2) is 5.78 Å². The second kappa shape index (κ2) is 5.27. The molecule has 3 N–H and O–H groups in total. The lowest BCUT2D eigenvalue weighted by Gasteiger charge is -2.00. The molecule has 0 bridgehead atoms. The Balaban J connectivity index is 2.18. The predicted molar refractivity (Wildman–Crippen MR) is 71.2 cm³/mol. The number of hydrogen-bond donors (Lipinski definition) is 3. The highest BCUT2D eigenvalue weighted by Gasteiger charge is 2.03. The van der Waals surface area contributed by atoms with Crippen molar-refractivity contribution < 1.29 is 20.1 Å². The summed E-state index contributed by atoms with van der Waals surface area (Å²) in [7, 11) is 0. The number of phenols is 3. The van der Waals surface area contributed by atoms with Crippen molar-refractivity contribution in [3.8, 4) is 17.2 Å². The number of rotatable bonds is 3. The molecule has 0 atom stereocenters. The van der Waals surface area contributed by atoms with Crippen LogP contribution in [0.15, 0.2) is 48.5 Å². The van der Waals surface area contributed by atoms with Crippen molar-refractivity contribution in [2.75, 3.05) is 0 Å². The second-order valence-electron chi connectivity index (χ2n) is 3.99. The highest BCUT2D eigenvalue weighted by Crippen LogP contribution is 2.23.